The van der Waals surface area contributed by atoms with Gasteiger partial charge in [0.15, 0.2) is 5.78 Å². The predicted molar refractivity (Wildman–Crippen MR) is 70.2 cm³/mol. The standard InChI is InChI=1S/C16H11F2NO/c1-10-4-2-5-11(8-10)12(9-19)16(20)15-13(17)6-3-7-14(15)18/h2-8,12H,1H3. The summed E-state index contributed by atoms with van der Waals surface area (Å²) >= 11 is 0. The predicted octanol–water partition coefficient (Wildman–Crippen LogP) is 3.76. The Hall–Kier alpha value is -2.54. The highest BCUT2D eigenvalue weighted by Gasteiger charge is 2.27. The van der Waals surface area contributed by atoms with Crippen molar-refractivity contribution in [3.63, 3.8) is 0 Å². The van der Waals surface area contributed by atoms with Crippen LogP contribution in [0.1, 0.15) is 27.4 Å². The van der Waals surface area contributed by atoms with Crippen LogP contribution < -0.4 is 0 Å². The highest BCUT2D eigenvalue weighted by atomic mass is 19.1. The van der Waals surface area contributed by atoms with Crippen LogP contribution in [-0.4, -0.2) is 5.78 Å². The first kappa shape index (κ1) is 13.9. The van der Waals surface area contributed by atoms with Crippen molar-refractivity contribution in [2.75, 3.05) is 0 Å². The van der Waals surface area contributed by atoms with Gasteiger partial charge in [0.05, 0.1) is 11.6 Å². The Morgan fingerprint density at radius 3 is 2.30 bits per heavy atom. The normalized spacial score (nSPS) is 11.7. The Labute approximate surface area is 115 Å². The summed E-state index contributed by atoms with van der Waals surface area (Å²) in [5, 5.41) is 9.17. The molecule has 4 heteroatoms. The molecule has 0 bridgehead atoms. The Bertz CT molecular complexity index is 684. The third-order valence-corrected chi connectivity index (χ3v) is 2.98. The average Bonchev–Trinajstić information content (AvgIpc) is 2.39. The molecule has 0 saturated carbocycles. The molecule has 1 atom stereocenters. The highest BCUT2D eigenvalue weighted by Crippen LogP contribution is 2.24. The molecule has 2 nitrogen and oxygen atoms in total. The van der Waals surface area contributed by atoms with Crippen LogP contribution in [0.4, 0.5) is 8.78 Å². The van der Waals surface area contributed by atoms with Crippen molar-refractivity contribution in [3.05, 3.63) is 70.8 Å². The van der Waals surface area contributed by atoms with Gasteiger partial charge in [-0.15, -0.1) is 0 Å². The van der Waals surface area contributed by atoms with Gasteiger partial charge >= 0.3 is 0 Å². The molecule has 0 aromatic heterocycles. The molecule has 0 spiro atoms. The molecule has 2 aromatic rings. The molecule has 2 aromatic carbocycles. The zero-order valence-electron chi connectivity index (χ0n) is 10.7. The number of hydrogen-bond acceptors (Lipinski definition) is 2. The van der Waals surface area contributed by atoms with Gasteiger partial charge in [-0.05, 0) is 24.6 Å². The fourth-order valence-electron chi connectivity index (χ4n) is 2.01. The second-order valence-corrected chi connectivity index (χ2v) is 4.44. The van der Waals surface area contributed by atoms with Crippen molar-refractivity contribution in [2.45, 2.75) is 12.8 Å². The Morgan fingerprint density at radius 2 is 1.75 bits per heavy atom. The molecule has 0 aliphatic carbocycles. The van der Waals surface area contributed by atoms with Crippen molar-refractivity contribution >= 4 is 5.78 Å². The van der Waals surface area contributed by atoms with E-state index in [2.05, 4.69) is 0 Å². The number of aryl methyl sites for hydroxylation is 1. The molecule has 0 heterocycles. The smallest absolute Gasteiger partial charge is 0.190 e. The Balaban J connectivity index is 2.48. The lowest BCUT2D eigenvalue weighted by atomic mass is 9.90. The molecule has 0 radical (unpaired) electrons. The topological polar surface area (TPSA) is 40.9 Å². The number of Topliss-reactive ketones (excluding diaryl/α,β-unsaturated/α-hetero) is 1. The van der Waals surface area contributed by atoms with E-state index in [1.807, 2.05) is 19.1 Å². The van der Waals surface area contributed by atoms with E-state index in [-0.39, 0.29) is 0 Å². The largest absolute Gasteiger partial charge is 0.292 e. The number of carbonyl (C=O) groups is 1. The second kappa shape index (κ2) is 5.62. The summed E-state index contributed by atoms with van der Waals surface area (Å²) in [6.45, 7) is 1.81. The number of halogens is 2. The second-order valence-electron chi connectivity index (χ2n) is 4.44. The van der Waals surface area contributed by atoms with Crippen molar-refractivity contribution in [1.82, 2.24) is 0 Å². The van der Waals surface area contributed by atoms with E-state index in [1.54, 1.807) is 18.2 Å². The average molecular weight is 271 g/mol. The number of rotatable bonds is 3. The molecule has 0 N–H and O–H groups in total. The van der Waals surface area contributed by atoms with E-state index in [1.165, 1.54) is 6.07 Å². The maximum absolute atomic E-state index is 13.6. The van der Waals surface area contributed by atoms with E-state index in [0.29, 0.717) is 5.56 Å². The van der Waals surface area contributed by atoms with Crippen LogP contribution in [0.15, 0.2) is 42.5 Å². The van der Waals surface area contributed by atoms with E-state index in [4.69, 9.17) is 5.26 Å². The van der Waals surface area contributed by atoms with E-state index in [9.17, 15) is 13.6 Å². The molecular weight excluding hydrogens is 260 g/mol. The molecule has 20 heavy (non-hydrogen) atoms. The molecule has 100 valence electrons. The van der Waals surface area contributed by atoms with Crippen LogP contribution in [0, 0.1) is 29.9 Å². The van der Waals surface area contributed by atoms with Crippen LogP contribution in [0.2, 0.25) is 0 Å². The van der Waals surface area contributed by atoms with Crippen LogP contribution in [0.25, 0.3) is 0 Å². The molecule has 0 amide bonds. The lowest BCUT2D eigenvalue weighted by molar-refractivity contribution is 0.0970. The summed E-state index contributed by atoms with van der Waals surface area (Å²) in [5.41, 5.74) is 0.630. The summed E-state index contributed by atoms with van der Waals surface area (Å²) in [6.07, 6.45) is 0. The maximum atomic E-state index is 13.6. The number of nitrogens with zero attached hydrogens (tertiary/aromatic N) is 1. The first-order valence-electron chi connectivity index (χ1n) is 5.99. The van der Waals surface area contributed by atoms with Crippen LogP contribution in [0.3, 0.4) is 0 Å². The molecular formula is C16H11F2NO. The van der Waals surface area contributed by atoms with Crippen LogP contribution in [-0.2, 0) is 0 Å². The molecule has 0 aliphatic rings. The van der Waals surface area contributed by atoms with Gasteiger partial charge in [0.1, 0.15) is 17.6 Å². The fraction of sp³-hybridized carbons (Fsp3) is 0.125. The Morgan fingerprint density at radius 1 is 1.15 bits per heavy atom. The van der Waals surface area contributed by atoms with Gasteiger partial charge in [0, 0.05) is 0 Å². The van der Waals surface area contributed by atoms with Crippen LogP contribution >= 0.6 is 0 Å². The quantitative estimate of drug-likeness (QED) is 0.797. The summed E-state index contributed by atoms with van der Waals surface area (Å²) in [6, 6.07) is 11.8. The first-order valence-corrected chi connectivity index (χ1v) is 5.99. The number of nitriles is 1. The lowest BCUT2D eigenvalue weighted by Crippen LogP contribution is -2.15. The zero-order chi connectivity index (χ0) is 14.7. The fourth-order valence-corrected chi connectivity index (χ4v) is 2.01. The van der Waals surface area contributed by atoms with Gasteiger partial charge in [0.2, 0.25) is 0 Å². The molecule has 0 fully saturated rings. The lowest BCUT2D eigenvalue weighted by Gasteiger charge is -2.10. The van der Waals surface area contributed by atoms with Crippen molar-refractivity contribution in [3.8, 4) is 6.07 Å². The van der Waals surface area contributed by atoms with Crippen LogP contribution in [0.5, 0.6) is 0 Å². The van der Waals surface area contributed by atoms with Crippen molar-refractivity contribution in [2.24, 2.45) is 0 Å². The third-order valence-electron chi connectivity index (χ3n) is 2.98. The number of carbonyl (C=O) groups excluding carboxylic acids is 1. The zero-order valence-corrected chi connectivity index (χ0v) is 10.7. The first-order chi connectivity index (χ1) is 9.54. The summed E-state index contributed by atoms with van der Waals surface area (Å²) in [4.78, 5) is 12.2. The molecule has 1 unspecified atom stereocenters. The summed E-state index contributed by atoms with van der Waals surface area (Å²) in [5.74, 6) is -4.00. The van der Waals surface area contributed by atoms with Gasteiger partial charge < -0.3 is 0 Å². The number of ketones is 1. The third kappa shape index (κ3) is 2.57. The minimum Gasteiger partial charge on any atom is -0.292 e. The van der Waals surface area contributed by atoms with Gasteiger partial charge in [-0.25, -0.2) is 8.78 Å². The van der Waals surface area contributed by atoms with E-state index < -0.39 is 28.9 Å². The Kier molecular flexibility index (Phi) is 3.90. The number of hydrogen-bond donors (Lipinski definition) is 0. The monoisotopic (exact) mass is 271 g/mol. The SMILES string of the molecule is Cc1cccc(C(C#N)C(=O)c2c(F)cccc2F)c1. The van der Waals surface area contributed by atoms with Gasteiger partial charge in [-0.2, -0.15) is 5.26 Å². The van der Waals surface area contributed by atoms with Gasteiger partial charge in [-0.3, -0.25) is 4.79 Å². The van der Waals surface area contributed by atoms with Crippen molar-refractivity contribution in [1.29, 1.82) is 5.26 Å². The molecule has 0 aliphatic heterocycles. The maximum Gasteiger partial charge on any atom is 0.190 e. The molecule has 2 rings (SSSR count). The van der Waals surface area contributed by atoms with Crippen molar-refractivity contribution < 1.29 is 13.6 Å². The minimum absolute atomic E-state index is 0.431. The minimum atomic E-state index is -1.22. The van der Waals surface area contributed by atoms with E-state index in [0.717, 1.165) is 17.7 Å². The summed E-state index contributed by atoms with van der Waals surface area (Å²) < 4.78 is 27.2. The molecule has 0 saturated heterocycles. The summed E-state index contributed by atoms with van der Waals surface area (Å²) in [7, 11) is 0. The van der Waals surface area contributed by atoms with E-state index >= 15 is 0 Å². The van der Waals surface area contributed by atoms with Gasteiger partial charge in [0.25, 0.3) is 0 Å². The highest BCUT2D eigenvalue weighted by molar-refractivity contribution is 6.03. The number of benzene rings is 2. The van der Waals surface area contributed by atoms with Gasteiger partial charge in [-0.1, -0.05) is 35.9 Å².